The molecular weight excluding hydrogens is 260 g/mol. The quantitative estimate of drug-likeness (QED) is 0.898. The fourth-order valence-corrected chi connectivity index (χ4v) is 2.17. The van der Waals surface area contributed by atoms with Gasteiger partial charge in [0.05, 0.1) is 6.54 Å². The fraction of sp³-hybridized carbons (Fsp3) is 0.400. The van der Waals surface area contributed by atoms with Gasteiger partial charge in [-0.15, -0.1) is 0 Å². The zero-order chi connectivity index (χ0) is 14.4. The lowest BCUT2D eigenvalue weighted by Gasteiger charge is -2.16. The molecule has 0 saturated heterocycles. The van der Waals surface area contributed by atoms with Gasteiger partial charge in [-0.1, -0.05) is 35.4 Å². The summed E-state index contributed by atoms with van der Waals surface area (Å²) in [6, 6.07) is 4.14. The van der Waals surface area contributed by atoms with E-state index < -0.39 is 0 Å². The van der Waals surface area contributed by atoms with Crippen LogP contribution in [0.5, 0.6) is 0 Å². The molecule has 0 aliphatic carbocycles. The largest absolute Gasteiger partial charge is 0.324 e. The van der Waals surface area contributed by atoms with Crippen molar-refractivity contribution in [2.75, 3.05) is 25.5 Å². The smallest absolute Gasteiger partial charge is 0.238 e. The molecule has 3 nitrogen and oxygen atoms in total. The number of nitrogens with one attached hydrogen (secondary N) is 1. The Morgan fingerprint density at radius 2 is 1.89 bits per heavy atom. The van der Waals surface area contributed by atoms with Gasteiger partial charge in [0.15, 0.2) is 0 Å². The average Bonchev–Trinajstić information content (AvgIpc) is 2.31. The molecule has 0 radical (unpaired) electrons. The Morgan fingerprint density at radius 1 is 1.32 bits per heavy atom. The molecule has 1 rings (SSSR count). The van der Waals surface area contributed by atoms with Crippen molar-refractivity contribution in [1.29, 1.82) is 0 Å². The molecule has 1 amide bonds. The summed E-state index contributed by atoms with van der Waals surface area (Å²) in [4.78, 5) is 13.9. The number of halogens is 1. The van der Waals surface area contributed by atoms with Crippen molar-refractivity contribution >= 4 is 23.2 Å². The van der Waals surface area contributed by atoms with E-state index in [1.165, 1.54) is 11.1 Å². The average molecular weight is 281 g/mol. The number of benzene rings is 1. The van der Waals surface area contributed by atoms with Crippen LogP contribution in [0.15, 0.2) is 23.7 Å². The van der Waals surface area contributed by atoms with Crippen LogP contribution in [-0.4, -0.2) is 30.9 Å². The first-order chi connectivity index (χ1) is 8.93. The van der Waals surface area contributed by atoms with Crippen LogP contribution in [0.25, 0.3) is 0 Å². The van der Waals surface area contributed by atoms with E-state index in [9.17, 15) is 4.79 Å². The van der Waals surface area contributed by atoms with Crippen molar-refractivity contribution in [3.8, 4) is 0 Å². The topological polar surface area (TPSA) is 32.3 Å². The lowest BCUT2D eigenvalue weighted by Crippen LogP contribution is -2.30. The maximum atomic E-state index is 12.0. The lowest BCUT2D eigenvalue weighted by molar-refractivity contribution is -0.116. The van der Waals surface area contributed by atoms with Crippen LogP contribution in [-0.2, 0) is 4.79 Å². The van der Waals surface area contributed by atoms with E-state index >= 15 is 0 Å². The molecule has 0 unspecified atom stereocenters. The zero-order valence-electron chi connectivity index (χ0n) is 12.0. The van der Waals surface area contributed by atoms with Gasteiger partial charge in [-0.05, 0) is 38.9 Å². The maximum absolute atomic E-state index is 12.0. The van der Waals surface area contributed by atoms with Gasteiger partial charge in [0.25, 0.3) is 0 Å². The van der Waals surface area contributed by atoms with Crippen LogP contribution < -0.4 is 5.32 Å². The van der Waals surface area contributed by atoms with E-state index in [0.717, 1.165) is 16.8 Å². The number of hydrogen-bond acceptors (Lipinski definition) is 2. The minimum absolute atomic E-state index is 0.0134. The van der Waals surface area contributed by atoms with Gasteiger partial charge in [0.1, 0.15) is 0 Å². The monoisotopic (exact) mass is 280 g/mol. The second kappa shape index (κ2) is 7.31. The van der Waals surface area contributed by atoms with Gasteiger partial charge < -0.3 is 5.32 Å². The second-order valence-corrected chi connectivity index (χ2v) is 5.13. The molecule has 0 bridgehead atoms. The van der Waals surface area contributed by atoms with Gasteiger partial charge in [-0.2, -0.15) is 0 Å². The van der Waals surface area contributed by atoms with Gasteiger partial charge in [0, 0.05) is 17.8 Å². The van der Waals surface area contributed by atoms with Crippen LogP contribution >= 0.6 is 11.6 Å². The van der Waals surface area contributed by atoms with E-state index in [1.807, 2.05) is 25.8 Å². The molecular formula is C15H21ClN2O. The second-order valence-electron chi connectivity index (χ2n) is 4.88. The van der Waals surface area contributed by atoms with Crippen LogP contribution in [0.2, 0.25) is 0 Å². The van der Waals surface area contributed by atoms with E-state index in [4.69, 9.17) is 11.6 Å². The van der Waals surface area contributed by atoms with Gasteiger partial charge >= 0.3 is 0 Å². The number of nitrogens with zero attached hydrogens (tertiary/aromatic N) is 1. The number of likely N-dealkylation sites (N-methyl/N-ethyl adjacent to an activating group) is 1. The summed E-state index contributed by atoms with van der Waals surface area (Å²) >= 11 is 5.46. The Hall–Kier alpha value is -1.32. The minimum atomic E-state index is -0.0134. The van der Waals surface area contributed by atoms with E-state index in [2.05, 4.69) is 24.4 Å². The third kappa shape index (κ3) is 5.05. The molecule has 1 N–H and O–H groups in total. The highest BCUT2D eigenvalue weighted by Gasteiger charge is 2.09. The number of rotatable bonds is 5. The molecule has 0 saturated carbocycles. The van der Waals surface area contributed by atoms with E-state index in [1.54, 1.807) is 6.08 Å². The predicted molar refractivity (Wildman–Crippen MR) is 81.8 cm³/mol. The van der Waals surface area contributed by atoms with Crippen LogP contribution in [0.4, 0.5) is 5.69 Å². The Balaban J connectivity index is 2.67. The van der Waals surface area contributed by atoms with Crippen molar-refractivity contribution in [2.24, 2.45) is 0 Å². The highest BCUT2D eigenvalue weighted by Crippen LogP contribution is 2.21. The SMILES string of the molecule is Cc1cc(C)c(NC(=O)CN(C)C/C=C/Cl)c(C)c1. The first-order valence-corrected chi connectivity index (χ1v) is 6.69. The summed E-state index contributed by atoms with van der Waals surface area (Å²) in [5.74, 6) is -0.0134. The minimum Gasteiger partial charge on any atom is -0.324 e. The Bertz CT molecular complexity index is 460. The third-order valence-electron chi connectivity index (χ3n) is 2.86. The lowest BCUT2D eigenvalue weighted by atomic mass is 10.1. The Morgan fingerprint density at radius 3 is 2.42 bits per heavy atom. The molecule has 0 spiro atoms. The first kappa shape index (κ1) is 15.7. The molecule has 1 aromatic rings. The Kier molecular flexibility index (Phi) is 6.06. The summed E-state index contributed by atoms with van der Waals surface area (Å²) in [6.45, 7) is 7.07. The number of aryl methyl sites for hydroxylation is 3. The summed E-state index contributed by atoms with van der Waals surface area (Å²) in [5.41, 5.74) is 5.76. The van der Waals surface area contributed by atoms with Crippen molar-refractivity contribution < 1.29 is 4.79 Å². The molecule has 0 aromatic heterocycles. The van der Waals surface area contributed by atoms with Crippen molar-refractivity contribution in [3.63, 3.8) is 0 Å². The molecule has 104 valence electrons. The molecule has 19 heavy (non-hydrogen) atoms. The molecule has 0 fully saturated rings. The molecule has 0 aliphatic rings. The van der Waals surface area contributed by atoms with Crippen LogP contribution in [0, 0.1) is 20.8 Å². The van der Waals surface area contributed by atoms with Crippen LogP contribution in [0.3, 0.4) is 0 Å². The zero-order valence-corrected chi connectivity index (χ0v) is 12.7. The van der Waals surface area contributed by atoms with Gasteiger partial charge in [-0.3, -0.25) is 9.69 Å². The summed E-state index contributed by atoms with van der Waals surface area (Å²) in [5, 5.41) is 2.98. The van der Waals surface area contributed by atoms with Crippen LogP contribution in [0.1, 0.15) is 16.7 Å². The summed E-state index contributed by atoms with van der Waals surface area (Å²) in [6.07, 6.45) is 1.80. The molecule has 0 atom stereocenters. The normalized spacial score (nSPS) is 11.3. The van der Waals surface area contributed by atoms with E-state index in [-0.39, 0.29) is 5.91 Å². The summed E-state index contributed by atoms with van der Waals surface area (Å²) in [7, 11) is 1.88. The fourth-order valence-electron chi connectivity index (χ4n) is 2.09. The standard InChI is InChI=1S/C15H21ClN2O/c1-11-8-12(2)15(13(3)9-11)17-14(19)10-18(4)7-5-6-16/h5-6,8-9H,7,10H2,1-4H3,(H,17,19)/b6-5+. The highest BCUT2D eigenvalue weighted by molar-refractivity contribution is 6.25. The predicted octanol–water partition coefficient (Wildman–Crippen LogP) is 3.23. The molecule has 1 aromatic carbocycles. The molecule has 0 heterocycles. The van der Waals surface area contributed by atoms with Crippen molar-refractivity contribution in [1.82, 2.24) is 4.90 Å². The molecule has 4 heteroatoms. The van der Waals surface area contributed by atoms with Crippen molar-refractivity contribution in [2.45, 2.75) is 20.8 Å². The maximum Gasteiger partial charge on any atom is 0.238 e. The number of amides is 1. The third-order valence-corrected chi connectivity index (χ3v) is 3.04. The van der Waals surface area contributed by atoms with Gasteiger partial charge in [-0.25, -0.2) is 0 Å². The van der Waals surface area contributed by atoms with E-state index in [0.29, 0.717) is 13.1 Å². The van der Waals surface area contributed by atoms with Crippen molar-refractivity contribution in [3.05, 3.63) is 40.4 Å². The Labute approximate surface area is 120 Å². The number of carbonyl (C=O) groups excluding carboxylic acids is 1. The summed E-state index contributed by atoms with van der Waals surface area (Å²) < 4.78 is 0. The number of hydrogen-bond donors (Lipinski definition) is 1. The molecule has 0 aliphatic heterocycles. The first-order valence-electron chi connectivity index (χ1n) is 6.25. The van der Waals surface area contributed by atoms with Gasteiger partial charge in [0.2, 0.25) is 5.91 Å². The highest BCUT2D eigenvalue weighted by atomic mass is 35.5. The number of carbonyl (C=O) groups is 1. The number of anilines is 1.